The van der Waals surface area contributed by atoms with Crippen LogP contribution in [-0.4, -0.2) is 33.9 Å². The highest BCUT2D eigenvalue weighted by atomic mass is 35.5. The molecule has 1 saturated heterocycles. The summed E-state index contributed by atoms with van der Waals surface area (Å²) in [6.45, 7) is 11.2. The molecular weight excluding hydrogens is 300 g/mol. The Labute approximate surface area is 138 Å². The lowest BCUT2D eigenvalue weighted by atomic mass is 10.1. The third kappa shape index (κ3) is 4.85. The Kier molecular flexibility index (Phi) is 7.10. The van der Waals surface area contributed by atoms with Gasteiger partial charge in [-0.3, -0.25) is 0 Å². The molecule has 0 aliphatic carbocycles. The molecule has 2 aromatic rings. The number of anilines is 1. The zero-order chi connectivity index (χ0) is 16.8. The van der Waals surface area contributed by atoms with E-state index >= 15 is 0 Å². The van der Waals surface area contributed by atoms with Gasteiger partial charge in [-0.05, 0) is 33.6 Å². The van der Waals surface area contributed by atoms with Crippen LogP contribution < -0.4 is 5.32 Å². The van der Waals surface area contributed by atoms with Gasteiger partial charge in [0.1, 0.15) is 0 Å². The van der Waals surface area contributed by atoms with Gasteiger partial charge in [0.25, 0.3) is 0 Å². The molecule has 1 aliphatic heterocycles. The second-order valence-electron chi connectivity index (χ2n) is 5.48. The van der Waals surface area contributed by atoms with Gasteiger partial charge in [0.15, 0.2) is 10.8 Å². The van der Waals surface area contributed by atoms with Gasteiger partial charge in [-0.25, -0.2) is 9.50 Å². The van der Waals surface area contributed by atoms with E-state index in [2.05, 4.69) is 29.2 Å². The summed E-state index contributed by atoms with van der Waals surface area (Å²) in [5, 5.41) is 7.60. The molecule has 0 bridgehead atoms. The van der Waals surface area contributed by atoms with Crippen molar-refractivity contribution in [3.05, 3.63) is 23.1 Å². The molecule has 1 fully saturated rings. The fourth-order valence-corrected chi connectivity index (χ4v) is 2.34. The minimum Gasteiger partial charge on any atom is -0.385 e. The van der Waals surface area contributed by atoms with E-state index in [-0.39, 0.29) is 5.60 Å². The van der Waals surface area contributed by atoms with Crippen molar-refractivity contribution >= 4 is 22.9 Å². The van der Waals surface area contributed by atoms with E-state index in [4.69, 9.17) is 16.3 Å². The maximum absolute atomic E-state index is 5.83. The predicted octanol–water partition coefficient (Wildman–Crippen LogP) is 4.33. The number of aryl methyl sites for hydroxylation is 1. The van der Waals surface area contributed by atoms with Gasteiger partial charge in [-0.2, -0.15) is 5.10 Å². The Morgan fingerprint density at radius 3 is 2.50 bits per heavy atom. The van der Waals surface area contributed by atoms with Crippen LogP contribution in [0.3, 0.4) is 0 Å². The van der Waals surface area contributed by atoms with Crippen LogP contribution in [0.2, 0.25) is 5.15 Å². The lowest BCUT2D eigenvalue weighted by Crippen LogP contribution is -2.15. The van der Waals surface area contributed by atoms with E-state index in [1.807, 2.05) is 27.8 Å². The van der Waals surface area contributed by atoms with Crippen LogP contribution in [0.25, 0.3) is 5.65 Å². The monoisotopic (exact) mass is 326 g/mol. The first-order valence-electron chi connectivity index (χ1n) is 7.75. The molecule has 6 heteroatoms. The Hall–Kier alpha value is -1.33. The van der Waals surface area contributed by atoms with Crippen molar-refractivity contribution in [2.45, 2.75) is 53.1 Å². The van der Waals surface area contributed by atoms with Crippen LogP contribution in [0.5, 0.6) is 0 Å². The lowest BCUT2D eigenvalue weighted by Gasteiger charge is -2.14. The number of hydrogen-bond donors (Lipinski definition) is 1. The maximum Gasteiger partial charge on any atom is 0.177 e. The number of fused-ring (bicyclic) bond motifs is 1. The second-order valence-corrected chi connectivity index (χ2v) is 5.86. The quantitative estimate of drug-likeness (QED) is 0.847. The summed E-state index contributed by atoms with van der Waals surface area (Å²) < 4.78 is 7.06. The van der Waals surface area contributed by atoms with Crippen molar-refractivity contribution in [2.75, 3.05) is 19.0 Å². The molecule has 3 heterocycles. The largest absolute Gasteiger partial charge is 0.385 e. The number of hydrogen-bond acceptors (Lipinski definition) is 4. The minimum absolute atomic E-state index is 0.194. The number of ether oxygens (including phenoxy) is 1. The van der Waals surface area contributed by atoms with E-state index in [0.717, 1.165) is 23.6 Å². The molecule has 124 valence electrons. The van der Waals surface area contributed by atoms with E-state index in [1.165, 1.54) is 12.8 Å². The van der Waals surface area contributed by atoms with Crippen LogP contribution in [0.15, 0.2) is 12.3 Å². The van der Waals surface area contributed by atoms with Crippen molar-refractivity contribution in [2.24, 2.45) is 0 Å². The normalized spacial score (nSPS) is 15.6. The summed E-state index contributed by atoms with van der Waals surface area (Å²) in [7, 11) is 1.83. The highest BCUT2D eigenvalue weighted by Crippen LogP contribution is 2.23. The van der Waals surface area contributed by atoms with Crippen LogP contribution >= 0.6 is 11.6 Å². The van der Waals surface area contributed by atoms with E-state index in [0.29, 0.717) is 5.15 Å². The first kappa shape index (κ1) is 18.7. The highest BCUT2D eigenvalue weighted by Gasteiger charge is 2.22. The van der Waals surface area contributed by atoms with Gasteiger partial charge in [0.2, 0.25) is 0 Å². The average Bonchev–Trinajstić information content (AvgIpc) is 3.07. The van der Waals surface area contributed by atoms with Crippen LogP contribution in [0, 0.1) is 6.92 Å². The average molecular weight is 327 g/mol. The third-order valence-corrected chi connectivity index (χ3v) is 3.48. The Morgan fingerprint density at radius 2 is 2.05 bits per heavy atom. The smallest absolute Gasteiger partial charge is 0.177 e. The van der Waals surface area contributed by atoms with Crippen molar-refractivity contribution in [1.29, 1.82) is 0 Å². The Bertz CT molecular complexity index is 587. The SMILES string of the molecule is CC.CC1(C)CCCO1.CNc1cc(Cl)nn2c(C)cnc12. The summed E-state index contributed by atoms with van der Waals surface area (Å²) in [4.78, 5) is 4.21. The highest BCUT2D eigenvalue weighted by molar-refractivity contribution is 6.29. The van der Waals surface area contributed by atoms with Gasteiger partial charge in [-0.15, -0.1) is 0 Å². The second kappa shape index (κ2) is 8.34. The molecule has 1 aliphatic rings. The van der Waals surface area contributed by atoms with Crippen molar-refractivity contribution in [3.63, 3.8) is 0 Å². The van der Waals surface area contributed by atoms with Crippen molar-refractivity contribution in [1.82, 2.24) is 14.6 Å². The van der Waals surface area contributed by atoms with Gasteiger partial charge < -0.3 is 10.1 Å². The fourth-order valence-electron chi connectivity index (χ4n) is 2.15. The summed E-state index contributed by atoms with van der Waals surface area (Å²) >= 11 is 5.83. The maximum atomic E-state index is 5.83. The topological polar surface area (TPSA) is 51.5 Å². The van der Waals surface area contributed by atoms with Crippen LogP contribution in [0.1, 0.15) is 46.2 Å². The number of halogens is 1. The first-order valence-corrected chi connectivity index (χ1v) is 8.13. The van der Waals surface area contributed by atoms with Gasteiger partial charge >= 0.3 is 0 Å². The van der Waals surface area contributed by atoms with Gasteiger partial charge in [-0.1, -0.05) is 25.4 Å². The molecule has 22 heavy (non-hydrogen) atoms. The lowest BCUT2D eigenvalue weighted by molar-refractivity contribution is 0.0367. The van der Waals surface area contributed by atoms with Crippen molar-refractivity contribution in [3.8, 4) is 0 Å². The molecule has 0 radical (unpaired) electrons. The zero-order valence-corrected chi connectivity index (χ0v) is 15.2. The molecule has 5 nitrogen and oxygen atoms in total. The Morgan fingerprint density at radius 1 is 1.36 bits per heavy atom. The molecule has 0 unspecified atom stereocenters. The van der Waals surface area contributed by atoms with Gasteiger partial charge in [0.05, 0.1) is 23.2 Å². The number of rotatable bonds is 1. The third-order valence-electron chi connectivity index (χ3n) is 3.29. The Balaban J connectivity index is 0.000000228. The van der Waals surface area contributed by atoms with Gasteiger partial charge in [0, 0.05) is 19.7 Å². The molecule has 0 amide bonds. The molecule has 0 aromatic carbocycles. The zero-order valence-electron chi connectivity index (χ0n) is 14.4. The number of nitrogens with zero attached hydrogens (tertiary/aromatic N) is 3. The van der Waals surface area contributed by atoms with E-state index < -0.39 is 0 Å². The van der Waals surface area contributed by atoms with Crippen LogP contribution in [-0.2, 0) is 4.74 Å². The molecule has 0 spiro atoms. The molecule has 2 aromatic heterocycles. The molecular formula is C16H27ClN4O. The van der Waals surface area contributed by atoms with E-state index in [9.17, 15) is 0 Å². The number of nitrogens with one attached hydrogen (secondary N) is 1. The predicted molar refractivity (Wildman–Crippen MR) is 92.9 cm³/mol. The van der Waals surface area contributed by atoms with Crippen LogP contribution in [0.4, 0.5) is 5.69 Å². The molecule has 0 atom stereocenters. The number of aromatic nitrogens is 3. The molecule has 1 N–H and O–H groups in total. The molecule has 0 saturated carbocycles. The summed E-state index contributed by atoms with van der Waals surface area (Å²) in [6.07, 6.45) is 4.24. The minimum atomic E-state index is 0.194. The molecule has 3 rings (SSSR count). The summed E-state index contributed by atoms with van der Waals surface area (Å²) in [5.41, 5.74) is 2.84. The summed E-state index contributed by atoms with van der Waals surface area (Å²) in [5.74, 6) is 0. The summed E-state index contributed by atoms with van der Waals surface area (Å²) in [6, 6.07) is 1.75. The standard InChI is InChI=1S/C8H9ClN4.C6H12O.C2H6/c1-5-4-11-8-6(10-2)3-7(9)12-13(5)8;1-6(2)4-3-5-7-6;1-2/h3-4,10H,1-2H3;3-5H2,1-2H3;1-2H3. The van der Waals surface area contributed by atoms with Crippen molar-refractivity contribution < 1.29 is 4.74 Å². The fraction of sp³-hybridized carbons (Fsp3) is 0.625. The number of imidazole rings is 1. The van der Waals surface area contributed by atoms with E-state index in [1.54, 1.807) is 16.8 Å². The first-order chi connectivity index (χ1) is 10.4.